The molecule has 0 bridgehead atoms. The zero-order valence-corrected chi connectivity index (χ0v) is 12.4. The van der Waals surface area contributed by atoms with Crippen molar-refractivity contribution in [2.75, 3.05) is 0 Å². The molecule has 0 aliphatic carbocycles. The first kappa shape index (κ1) is 14.4. The van der Waals surface area contributed by atoms with Gasteiger partial charge in [-0.25, -0.2) is 0 Å². The van der Waals surface area contributed by atoms with Crippen molar-refractivity contribution < 1.29 is 5.11 Å². The van der Waals surface area contributed by atoms with Crippen molar-refractivity contribution in [3.8, 4) is 0 Å². The lowest BCUT2D eigenvalue weighted by Crippen LogP contribution is -2.05. The third kappa shape index (κ3) is 3.72. The van der Waals surface area contributed by atoms with E-state index in [1.54, 1.807) is 18.2 Å². The van der Waals surface area contributed by atoms with Crippen LogP contribution in [0, 0.1) is 0 Å². The molecule has 1 aromatic heterocycles. The van der Waals surface area contributed by atoms with Crippen molar-refractivity contribution in [2.24, 2.45) is 0 Å². The van der Waals surface area contributed by atoms with Gasteiger partial charge in [-0.05, 0) is 43.7 Å². The smallest absolute Gasteiger partial charge is 0.0847 e. The Morgan fingerprint density at radius 2 is 1.84 bits per heavy atom. The van der Waals surface area contributed by atoms with E-state index >= 15 is 0 Å². The molecule has 0 aliphatic heterocycles. The van der Waals surface area contributed by atoms with Gasteiger partial charge in [-0.2, -0.15) is 5.10 Å². The van der Waals surface area contributed by atoms with Gasteiger partial charge in [0.2, 0.25) is 0 Å². The molecule has 0 amide bonds. The van der Waals surface area contributed by atoms with Crippen LogP contribution in [0.5, 0.6) is 0 Å². The number of aromatic nitrogens is 2. The van der Waals surface area contributed by atoms with E-state index in [9.17, 15) is 5.11 Å². The van der Waals surface area contributed by atoms with Gasteiger partial charge in [0.1, 0.15) is 0 Å². The molecule has 0 saturated heterocycles. The lowest BCUT2D eigenvalue weighted by atomic mass is 10.1. The molecule has 1 heterocycles. The van der Waals surface area contributed by atoms with Crippen LogP contribution < -0.4 is 0 Å². The number of aliphatic hydroxyl groups is 1. The van der Waals surface area contributed by atoms with E-state index in [2.05, 4.69) is 18.9 Å². The summed E-state index contributed by atoms with van der Waals surface area (Å²) in [5, 5.41) is 15.7. The number of aliphatic hydroxyl groups excluding tert-OH is 1. The average Bonchev–Trinajstić information content (AvgIpc) is 2.76. The van der Waals surface area contributed by atoms with Crippen LogP contribution in [0.2, 0.25) is 10.0 Å². The average molecular weight is 299 g/mol. The van der Waals surface area contributed by atoms with Gasteiger partial charge in [0.05, 0.1) is 11.8 Å². The summed E-state index contributed by atoms with van der Waals surface area (Å²) in [7, 11) is 0. The Kier molecular flexibility index (Phi) is 4.50. The Labute approximate surface area is 122 Å². The second-order valence-corrected chi connectivity index (χ2v) is 5.68. The van der Waals surface area contributed by atoms with Gasteiger partial charge >= 0.3 is 0 Å². The first-order valence-corrected chi connectivity index (χ1v) is 6.89. The minimum absolute atomic E-state index is 0.312. The summed E-state index contributed by atoms with van der Waals surface area (Å²) in [5.41, 5.74) is 1.55. The predicted molar refractivity (Wildman–Crippen MR) is 77.7 cm³/mol. The quantitative estimate of drug-likeness (QED) is 0.925. The van der Waals surface area contributed by atoms with Crippen molar-refractivity contribution in [3.63, 3.8) is 0 Å². The minimum Gasteiger partial charge on any atom is -0.388 e. The second kappa shape index (κ2) is 5.95. The number of benzene rings is 1. The molecule has 2 aromatic rings. The van der Waals surface area contributed by atoms with Crippen molar-refractivity contribution in [3.05, 3.63) is 51.8 Å². The van der Waals surface area contributed by atoms with Gasteiger partial charge in [0, 0.05) is 28.7 Å². The third-order valence-electron chi connectivity index (χ3n) is 2.86. The second-order valence-electron chi connectivity index (χ2n) is 4.80. The summed E-state index contributed by atoms with van der Waals surface area (Å²) in [5.74, 6) is 0. The van der Waals surface area contributed by atoms with Gasteiger partial charge in [-0.1, -0.05) is 23.2 Å². The summed E-state index contributed by atoms with van der Waals surface area (Å²) >= 11 is 11.9. The van der Waals surface area contributed by atoms with E-state index < -0.39 is 6.10 Å². The number of halogens is 2. The van der Waals surface area contributed by atoms with E-state index in [0.29, 0.717) is 28.1 Å². The van der Waals surface area contributed by atoms with Crippen LogP contribution in [-0.2, 0) is 6.42 Å². The van der Waals surface area contributed by atoms with E-state index in [-0.39, 0.29) is 0 Å². The molecule has 1 aromatic carbocycles. The molecule has 3 nitrogen and oxygen atoms in total. The van der Waals surface area contributed by atoms with Crippen molar-refractivity contribution in [1.82, 2.24) is 9.78 Å². The first-order valence-electron chi connectivity index (χ1n) is 6.14. The van der Waals surface area contributed by atoms with E-state index in [4.69, 9.17) is 23.2 Å². The highest BCUT2D eigenvalue weighted by Gasteiger charge is 2.12. The summed E-state index contributed by atoms with van der Waals surface area (Å²) in [6.07, 6.45) is 1.69. The summed E-state index contributed by atoms with van der Waals surface area (Å²) in [6.45, 7) is 4.12. The predicted octanol–water partition coefficient (Wildman–Crippen LogP) is 4.05. The normalized spacial score (nSPS) is 12.9. The monoisotopic (exact) mass is 298 g/mol. The maximum Gasteiger partial charge on any atom is 0.0847 e. The van der Waals surface area contributed by atoms with Crippen LogP contribution in [0.4, 0.5) is 0 Å². The van der Waals surface area contributed by atoms with Crippen molar-refractivity contribution in [2.45, 2.75) is 32.4 Å². The topological polar surface area (TPSA) is 38.0 Å². The molecule has 0 aliphatic rings. The van der Waals surface area contributed by atoms with E-state index in [1.165, 1.54) is 0 Å². The molecule has 19 heavy (non-hydrogen) atoms. The molecule has 0 spiro atoms. The maximum absolute atomic E-state index is 10.2. The highest BCUT2D eigenvalue weighted by atomic mass is 35.5. The molecule has 1 atom stereocenters. The summed E-state index contributed by atoms with van der Waals surface area (Å²) in [6, 6.07) is 7.31. The highest BCUT2D eigenvalue weighted by Crippen LogP contribution is 2.25. The number of rotatable bonds is 4. The molecule has 0 radical (unpaired) electrons. The van der Waals surface area contributed by atoms with Gasteiger partial charge in [-0.15, -0.1) is 0 Å². The lowest BCUT2D eigenvalue weighted by molar-refractivity contribution is 0.177. The molecule has 1 N–H and O–H groups in total. The third-order valence-corrected chi connectivity index (χ3v) is 3.30. The van der Waals surface area contributed by atoms with Crippen LogP contribution in [0.25, 0.3) is 0 Å². The molecule has 0 fully saturated rings. The SMILES string of the molecule is CC(C)n1ccc(CC(O)c2cc(Cl)cc(Cl)c2)n1. The van der Waals surface area contributed by atoms with Crippen molar-refractivity contribution >= 4 is 23.2 Å². The van der Waals surface area contributed by atoms with Gasteiger partial charge in [0.15, 0.2) is 0 Å². The number of hydrogen-bond acceptors (Lipinski definition) is 2. The Hall–Kier alpha value is -1.03. The lowest BCUT2D eigenvalue weighted by Gasteiger charge is -2.10. The van der Waals surface area contributed by atoms with Crippen LogP contribution >= 0.6 is 23.2 Å². The molecular formula is C14H16Cl2N2O. The Morgan fingerprint density at radius 1 is 1.21 bits per heavy atom. The standard InChI is InChI=1S/C14H16Cl2N2O/c1-9(2)18-4-3-13(17-18)8-14(19)10-5-11(15)7-12(16)6-10/h3-7,9,14,19H,8H2,1-2H3. The highest BCUT2D eigenvalue weighted by molar-refractivity contribution is 6.34. The Bertz CT molecular complexity index is 546. The Balaban J connectivity index is 2.13. The zero-order valence-electron chi connectivity index (χ0n) is 10.8. The zero-order chi connectivity index (χ0) is 14.0. The fourth-order valence-electron chi connectivity index (χ4n) is 1.86. The van der Waals surface area contributed by atoms with Crippen LogP contribution in [0.1, 0.15) is 37.3 Å². The molecule has 2 rings (SSSR count). The van der Waals surface area contributed by atoms with Crippen LogP contribution in [-0.4, -0.2) is 14.9 Å². The molecule has 5 heteroatoms. The Morgan fingerprint density at radius 3 is 2.37 bits per heavy atom. The maximum atomic E-state index is 10.2. The molecular weight excluding hydrogens is 283 g/mol. The van der Waals surface area contributed by atoms with Crippen LogP contribution in [0.15, 0.2) is 30.5 Å². The fraction of sp³-hybridized carbons (Fsp3) is 0.357. The van der Waals surface area contributed by atoms with Crippen LogP contribution in [0.3, 0.4) is 0 Å². The van der Waals surface area contributed by atoms with Gasteiger partial charge in [0.25, 0.3) is 0 Å². The molecule has 1 unspecified atom stereocenters. The number of nitrogens with zero attached hydrogens (tertiary/aromatic N) is 2. The fourth-order valence-corrected chi connectivity index (χ4v) is 2.40. The van der Waals surface area contributed by atoms with E-state index in [1.807, 2.05) is 16.9 Å². The largest absolute Gasteiger partial charge is 0.388 e. The number of hydrogen-bond donors (Lipinski definition) is 1. The van der Waals surface area contributed by atoms with Gasteiger partial charge in [-0.3, -0.25) is 4.68 Å². The molecule has 102 valence electrons. The minimum atomic E-state index is -0.660. The summed E-state index contributed by atoms with van der Waals surface area (Å²) < 4.78 is 1.87. The first-order chi connectivity index (χ1) is 8.95. The van der Waals surface area contributed by atoms with Crippen molar-refractivity contribution in [1.29, 1.82) is 0 Å². The van der Waals surface area contributed by atoms with Gasteiger partial charge < -0.3 is 5.11 Å². The molecule has 0 saturated carbocycles. The van der Waals surface area contributed by atoms with E-state index in [0.717, 1.165) is 5.69 Å². The summed E-state index contributed by atoms with van der Waals surface area (Å²) in [4.78, 5) is 0.